The average Bonchev–Trinajstić information content (AvgIpc) is 2.47. The molecule has 21 heavy (non-hydrogen) atoms. The van der Waals surface area contributed by atoms with Crippen molar-refractivity contribution in [3.63, 3.8) is 0 Å². The Kier molecular flexibility index (Phi) is 6.00. The molecular formula is C17H24O3S. The summed E-state index contributed by atoms with van der Waals surface area (Å²) in [5, 5.41) is 0.860. The third kappa shape index (κ3) is 6.02. The van der Waals surface area contributed by atoms with Crippen molar-refractivity contribution < 1.29 is 13.0 Å². The first-order valence-electron chi connectivity index (χ1n) is 7.77. The minimum Gasteiger partial charge on any atom is -0.282 e. The largest absolute Gasteiger partial charge is 0.287 e. The van der Waals surface area contributed by atoms with Gasteiger partial charge >= 0.3 is 0 Å². The molecule has 116 valence electrons. The van der Waals surface area contributed by atoms with Crippen molar-refractivity contribution in [3.05, 3.63) is 46.9 Å². The van der Waals surface area contributed by atoms with Crippen LogP contribution in [-0.2, 0) is 16.5 Å². The first kappa shape index (κ1) is 16.2. The van der Waals surface area contributed by atoms with E-state index in [1.807, 2.05) is 0 Å². The SMILES string of the molecule is O=S(=O)(O)C=CCCCc1ccc(C2CCCCC2)cc1. The van der Waals surface area contributed by atoms with Crippen molar-refractivity contribution in [1.82, 2.24) is 0 Å². The Balaban J connectivity index is 1.78. The molecule has 1 aromatic rings. The number of hydrogen-bond donors (Lipinski definition) is 1. The third-order valence-electron chi connectivity index (χ3n) is 4.16. The maximum atomic E-state index is 10.5. The van der Waals surface area contributed by atoms with Gasteiger partial charge in [-0.25, -0.2) is 0 Å². The van der Waals surface area contributed by atoms with Gasteiger partial charge in [0.1, 0.15) is 0 Å². The lowest BCUT2D eigenvalue weighted by atomic mass is 9.84. The van der Waals surface area contributed by atoms with Crippen molar-refractivity contribution in [3.8, 4) is 0 Å². The molecule has 1 aromatic carbocycles. The van der Waals surface area contributed by atoms with Crippen LogP contribution in [0.15, 0.2) is 35.7 Å². The predicted octanol–water partition coefficient (Wildman–Crippen LogP) is 4.46. The topological polar surface area (TPSA) is 54.4 Å². The van der Waals surface area contributed by atoms with Gasteiger partial charge in [0.25, 0.3) is 10.1 Å². The summed E-state index contributed by atoms with van der Waals surface area (Å²) < 4.78 is 29.6. The zero-order valence-electron chi connectivity index (χ0n) is 12.4. The number of hydrogen-bond acceptors (Lipinski definition) is 2. The van der Waals surface area contributed by atoms with Crippen LogP contribution in [0.3, 0.4) is 0 Å². The average molecular weight is 308 g/mol. The van der Waals surface area contributed by atoms with Crippen molar-refractivity contribution in [2.75, 3.05) is 0 Å². The summed E-state index contributed by atoms with van der Waals surface area (Å²) in [7, 11) is -3.97. The molecule has 1 aliphatic carbocycles. The fourth-order valence-corrected chi connectivity index (χ4v) is 3.39. The van der Waals surface area contributed by atoms with E-state index >= 15 is 0 Å². The number of aryl methyl sites for hydroxylation is 1. The molecule has 0 radical (unpaired) electrons. The molecule has 0 saturated heterocycles. The smallest absolute Gasteiger partial charge is 0.282 e. The second kappa shape index (κ2) is 7.76. The van der Waals surface area contributed by atoms with Gasteiger partial charge in [0.15, 0.2) is 0 Å². The minimum atomic E-state index is -3.97. The van der Waals surface area contributed by atoms with Crippen molar-refractivity contribution in [1.29, 1.82) is 0 Å². The maximum Gasteiger partial charge on any atom is 0.287 e. The van der Waals surface area contributed by atoms with Crippen LogP contribution in [-0.4, -0.2) is 13.0 Å². The number of benzene rings is 1. The summed E-state index contributed by atoms with van der Waals surface area (Å²) in [6, 6.07) is 8.88. The van der Waals surface area contributed by atoms with E-state index in [0.717, 1.165) is 24.2 Å². The molecule has 4 heteroatoms. The lowest BCUT2D eigenvalue weighted by Gasteiger charge is -2.22. The number of rotatable bonds is 6. The fourth-order valence-electron chi connectivity index (χ4n) is 3.01. The quantitative estimate of drug-likeness (QED) is 0.623. The molecule has 0 spiro atoms. The Bertz CT molecular complexity index is 552. The summed E-state index contributed by atoms with van der Waals surface area (Å²) >= 11 is 0. The Hall–Kier alpha value is -1.13. The Morgan fingerprint density at radius 2 is 1.76 bits per heavy atom. The van der Waals surface area contributed by atoms with Crippen molar-refractivity contribution >= 4 is 10.1 Å². The van der Waals surface area contributed by atoms with Gasteiger partial charge < -0.3 is 0 Å². The number of unbranched alkanes of at least 4 members (excludes halogenated alkanes) is 1. The molecule has 1 saturated carbocycles. The molecule has 0 unspecified atom stereocenters. The zero-order chi connectivity index (χ0) is 15.1. The van der Waals surface area contributed by atoms with E-state index in [-0.39, 0.29) is 0 Å². The number of allylic oxidation sites excluding steroid dienone is 1. The van der Waals surface area contributed by atoms with Crippen LogP contribution in [0.5, 0.6) is 0 Å². The standard InChI is InChI=1S/C17H24O3S/c18-21(19,20)14-6-2-3-7-15-10-12-17(13-11-15)16-8-4-1-5-9-16/h6,10-14,16H,1-5,7-9H2,(H,18,19,20). The molecule has 0 aromatic heterocycles. The van der Waals surface area contributed by atoms with Crippen LogP contribution in [0.25, 0.3) is 0 Å². The normalized spacial score (nSPS) is 17.4. The summed E-state index contributed by atoms with van der Waals surface area (Å²) in [4.78, 5) is 0. The molecule has 3 nitrogen and oxygen atoms in total. The highest BCUT2D eigenvalue weighted by Gasteiger charge is 2.14. The monoisotopic (exact) mass is 308 g/mol. The Morgan fingerprint density at radius 3 is 2.38 bits per heavy atom. The first-order chi connectivity index (χ1) is 10.0. The van der Waals surface area contributed by atoms with E-state index in [4.69, 9.17) is 4.55 Å². The minimum absolute atomic E-state index is 0.657. The molecule has 1 fully saturated rings. The van der Waals surface area contributed by atoms with Crippen LogP contribution < -0.4 is 0 Å². The molecule has 1 N–H and O–H groups in total. The van der Waals surface area contributed by atoms with Crippen LogP contribution in [0.4, 0.5) is 0 Å². The Morgan fingerprint density at radius 1 is 1.10 bits per heavy atom. The fraction of sp³-hybridized carbons (Fsp3) is 0.529. The highest BCUT2D eigenvalue weighted by Crippen LogP contribution is 2.32. The second-order valence-electron chi connectivity index (χ2n) is 5.86. The molecular weight excluding hydrogens is 284 g/mol. The molecule has 0 aliphatic heterocycles. The van der Waals surface area contributed by atoms with E-state index in [9.17, 15) is 8.42 Å². The van der Waals surface area contributed by atoms with Gasteiger partial charge in [-0.15, -0.1) is 0 Å². The molecule has 0 atom stereocenters. The molecule has 0 heterocycles. The van der Waals surface area contributed by atoms with Gasteiger partial charge in [-0.2, -0.15) is 8.42 Å². The van der Waals surface area contributed by atoms with Crippen LogP contribution in [0.2, 0.25) is 0 Å². The van der Waals surface area contributed by atoms with E-state index in [0.29, 0.717) is 6.42 Å². The lowest BCUT2D eigenvalue weighted by molar-refractivity contribution is 0.443. The van der Waals surface area contributed by atoms with Gasteiger partial charge in [-0.3, -0.25) is 4.55 Å². The van der Waals surface area contributed by atoms with E-state index in [2.05, 4.69) is 24.3 Å². The van der Waals surface area contributed by atoms with Gasteiger partial charge in [0.2, 0.25) is 0 Å². The van der Waals surface area contributed by atoms with Crippen LogP contribution in [0, 0.1) is 0 Å². The summed E-state index contributed by atoms with van der Waals surface area (Å²) in [5.74, 6) is 0.741. The predicted molar refractivity (Wildman–Crippen MR) is 85.9 cm³/mol. The zero-order valence-corrected chi connectivity index (χ0v) is 13.2. The van der Waals surface area contributed by atoms with Crippen LogP contribution in [0.1, 0.15) is 62.0 Å². The van der Waals surface area contributed by atoms with Crippen molar-refractivity contribution in [2.45, 2.75) is 57.3 Å². The molecule has 1 aliphatic rings. The molecule has 0 bridgehead atoms. The maximum absolute atomic E-state index is 10.5. The van der Waals surface area contributed by atoms with Gasteiger partial charge in [-0.05, 0) is 49.1 Å². The first-order valence-corrected chi connectivity index (χ1v) is 9.28. The highest BCUT2D eigenvalue weighted by atomic mass is 32.2. The van der Waals surface area contributed by atoms with Crippen LogP contribution >= 0.6 is 0 Å². The summed E-state index contributed by atoms with van der Waals surface area (Å²) in [6.45, 7) is 0. The molecule has 2 rings (SSSR count). The van der Waals surface area contributed by atoms with Gasteiger partial charge in [0.05, 0.1) is 5.41 Å². The summed E-state index contributed by atoms with van der Waals surface area (Å²) in [5.41, 5.74) is 2.75. The van der Waals surface area contributed by atoms with Gasteiger partial charge in [0, 0.05) is 0 Å². The second-order valence-corrected chi connectivity index (χ2v) is 7.16. The Labute approximate surface area is 127 Å². The summed E-state index contributed by atoms with van der Waals surface area (Å²) in [6.07, 6.45) is 10.7. The van der Waals surface area contributed by atoms with E-state index in [1.165, 1.54) is 49.3 Å². The van der Waals surface area contributed by atoms with Crippen molar-refractivity contribution in [2.24, 2.45) is 0 Å². The lowest BCUT2D eigenvalue weighted by Crippen LogP contribution is -2.04. The van der Waals surface area contributed by atoms with E-state index in [1.54, 1.807) is 0 Å². The third-order valence-corrected chi connectivity index (χ3v) is 4.70. The molecule has 0 amide bonds. The van der Waals surface area contributed by atoms with Gasteiger partial charge in [-0.1, -0.05) is 49.6 Å². The highest BCUT2D eigenvalue weighted by molar-refractivity contribution is 7.88. The van der Waals surface area contributed by atoms with E-state index < -0.39 is 10.1 Å².